The van der Waals surface area contributed by atoms with Crippen LogP contribution < -0.4 is 5.32 Å². The zero-order chi connectivity index (χ0) is 18.4. The lowest BCUT2D eigenvalue weighted by molar-refractivity contribution is -0.402. The SMILES string of the molecule is C[C@@H](OC(=O)c1ccc([N+](=O)[O-])o1)C(=O)NCCc1ccc(F)cc1. The number of nitrogens with zero attached hydrogens (tertiary/aromatic N) is 1. The number of ether oxygens (including phenoxy) is 1. The minimum absolute atomic E-state index is 0.276. The maximum atomic E-state index is 12.8. The molecule has 132 valence electrons. The Morgan fingerprint density at radius 3 is 2.56 bits per heavy atom. The van der Waals surface area contributed by atoms with Gasteiger partial charge in [0.2, 0.25) is 5.76 Å². The first-order chi connectivity index (χ1) is 11.9. The standard InChI is InChI=1S/C16H15FN2O6/c1-10(24-16(21)13-6-7-14(25-13)19(22)23)15(20)18-9-8-11-2-4-12(17)5-3-11/h2-7,10H,8-9H2,1H3,(H,18,20)/t10-/m1/s1. The van der Waals surface area contributed by atoms with E-state index in [1.54, 1.807) is 12.1 Å². The normalized spacial score (nSPS) is 11.6. The summed E-state index contributed by atoms with van der Waals surface area (Å²) in [6, 6.07) is 7.97. The van der Waals surface area contributed by atoms with Gasteiger partial charge >= 0.3 is 11.9 Å². The van der Waals surface area contributed by atoms with E-state index in [9.17, 15) is 24.1 Å². The Morgan fingerprint density at radius 2 is 1.96 bits per heavy atom. The molecule has 0 aliphatic heterocycles. The highest BCUT2D eigenvalue weighted by Gasteiger charge is 2.23. The third-order valence-electron chi connectivity index (χ3n) is 3.25. The summed E-state index contributed by atoms with van der Waals surface area (Å²) < 4.78 is 22.4. The monoisotopic (exact) mass is 350 g/mol. The van der Waals surface area contributed by atoms with Crippen molar-refractivity contribution < 1.29 is 28.1 Å². The van der Waals surface area contributed by atoms with Crippen LogP contribution in [0.1, 0.15) is 23.0 Å². The van der Waals surface area contributed by atoms with E-state index in [-0.39, 0.29) is 18.1 Å². The number of carbonyl (C=O) groups is 2. The van der Waals surface area contributed by atoms with E-state index in [4.69, 9.17) is 9.15 Å². The number of nitro groups is 1. The van der Waals surface area contributed by atoms with E-state index in [0.29, 0.717) is 6.42 Å². The molecule has 0 saturated heterocycles. The first-order valence-corrected chi connectivity index (χ1v) is 7.34. The lowest BCUT2D eigenvalue weighted by atomic mass is 10.1. The van der Waals surface area contributed by atoms with E-state index in [1.807, 2.05) is 0 Å². The number of amides is 1. The molecule has 1 aromatic carbocycles. The topological polar surface area (TPSA) is 112 Å². The number of nitrogens with one attached hydrogen (secondary N) is 1. The molecule has 1 atom stereocenters. The molecule has 2 rings (SSSR count). The van der Waals surface area contributed by atoms with Gasteiger partial charge in [-0.2, -0.15) is 0 Å². The largest absolute Gasteiger partial charge is 0.447 e. The Bertz CT molecular complexity index is 771. The second-order valence-corrected chi connectivity index (χ2v) is 5.11. The Kier molecular flexibility index (Phi) is 5.83. The molecule has 1 aromatic heterocycles. The predicted octanol–water partition coefficient (Wildman–Crippen LogP) is 2.23. The summed E-state index contributed by atoms with van der Waals surface area (Å²) in [5, 5.41) is 13.1. The number of rotatable bonds is 7. The molecule has 9 heteroatoms. The summed E-state index contributed by atoms with van der Waals surface area (Å²) in [4.78, 5) is 33.4. The molecule has 0 unspecified atom stereocenters. The summed E-state index contributed by atoms with van der Waals surface area (Å²) in [7, 11) is 0. The molecule has 0 aliphatic carbocycles. The van der Waals surface area contributed by atoms with Crippen LogP contribution >= 0.6 is 0 Å². The third-order valence-corrected chi connectivity index (χ3v) is 3.25. The van der Waals surface area contributed by atoms with Crippen LogP contribution in [0.4, 0.5) is 10.3 Å². The maximum absolute atomic E-state index is 12.8. The van der Waals surface area contributed by atoms with Crippen LogP contribution in [0.5, 0.6) is 0 Å². The number of benzene rings is 1. The number of hydrogen-bond donors (Lipinski definition) is 1. The van der Waals surface area contributed by atoms with Crippen LogP contribution in [-0.4, -0.2) is 29.4 Å². The van der Waals surface area contributed by atoms with Crippen LogP contribution in [0.3, 0.4) is 0 Å². The van der Waals surface area contributed by atoms with E-state index in [2.05, 4.69) is 5.32 Å². The number of halogens is 1. The fourth-order valence-corrected chi connectivity index (χ4v) is 1.93. The highest BCUT2D eigenvalue weighted by molar-refractivity contribution is 5.90. The maximum Gasteiger partial charge on any atom is 0.433 e. The summed E-state index contributed by atoms with van der Waals surface area (Å²) in [5.41, 5.74) is 0.842. The third kappa shape index (κ3) is 5.13. The molecule has 0 fully saturated rings. The van der Waals surface area contributed by atoms with Crippen molar-refractivity contribution in [3.05, 3.63) is 63.7 Å². The van der Waals surface area contributed by atoms with Gasteiger partial charge in [0, 0.05) is 6.54 Å². The molecule has 0 radical (unpaired) electrons. The second kappa shape index (κ2) is 8.04. The van der Waals surface area contributed by atoms with Crippen LogP contribution in [0.15, 0.2) is 40.8 Å². The van der Waals surface area contributed by atoms with E-state index in [0.717, 1.165) is 17.7 Å². The minimum Gasteiger partial charge on any atom is -0.447 e. The van der Waals surface area contributed by atoms with E-state index >= 15 is 0 Å². The van der Waals surface area contributed by atoms with Gasteiger partial charge in [0.25, 0.3) is 5.91 Å². The second-order valence-electron chi connectivity index (χ2n) is 5.11. The van der Waals surface area contributed by atoms with Crippen molar-refractivity contribution in [3.8, 4) is 0 Å². The molecular formula is C16H15FN2O6. The quantitative estimate of drug-likeness (QED) is 0.465. The van der Waals surface area contributed by atoms with Gasteiger partial charge in [-0.05, 0) is 37.1 Å². The van der Waals surface area contributed by atoms with Crippen molar-refractivity contribution in [3.63, 3.8) is 0 Å². The van der Waals surface area contributed by atoms with E-state index in [1.165, 1.54) is 19.1 Å². The molecule has 0 saturated carbocycles. The molecule has 0 spiro atoms. The molecular weight excluding hydrogens is 335 g/mol. The Hall–Kier alpha value is -3.23. The van der Waals surface area contributed by atoms with Gasteiger partial charge in [-0.3, -0.25) is 14.9 Å². The summed E-state index contributed by atoms with van der Waals surface area (Å²) >= 11 is 0. The lowest BCUT2D eigenvalue weighted by Gasteiger charge is -2.12. The zero-order valence-corrected chi connectivity index (χ0v) is 13.2. The molecule has 0 aliphatic rings. The van der Waals surface area contributed by atoms with Gasteiger partial charge in [-0.25, -0.2) is 9.18 Å². The van der Waals surface area contributed by atoms with Crippen molar-refractivity contribution >= 4 is 17.8 Å². The smallest absolute Gasteiger partial charge is 0.433 e. The molecule has 8 nitrogen and oxygen atoms in total. The highest BCUT2D eigenvalue weighted by atomic mass is 19.1. The molecule has 1 heterocycles. The number of esters is 1. The average molecular weight is 350 g/mol. The van der Waals surface area contributed by atoms with Crippen molar-refractivity contribution in [2.24, 2.45) is 0 Å². The summed E-state index contributed by atoms with van der Waals surface area (Å²) in [6.45, 7) is 1.64. The summed E-state index contributed by atoms with van der Waals surface area (Å²) in [6.07, 6.45) is -0.623. The average Bonchev–Trinajstić information content (AvgIpc) is 3.07. The molecule has 0 bridgehead atoms. The number of furan rings is 1. The Labute approximate surface area is 141 Å². The van der Waals surface area contributed by atoms with Crippen LogP contribution in [0, 0.1) is 15.9 Å². The Morgan fingerprint density at radius 1 is 1.28 bits per heavy atom. The van der Waals surface area contributed by atoms with Gasteiger partial charge < -0.3 is 14.5 Å². The first kappa shape index (κ1) is 18.1. The van der Waals surface area contributed by atoms with Gasteiger partial charge in [0.05, 0.1) is 6.07 Å². The van der Waals surface area contributed by atoms with Gasteiger partial charge in [-0.15, -0.1) is 0 Å². The number of carbonyl (C=O) groups excluding carboxylic acids is 2. The van der Waals surface area contributed by atoms with Gasteiger partial charge in [-0.1, -0.05) is 12.1 Å². The molecule has 1 amide bonds. The van der Waals surface area contributed by atoms with Gasteiger partial charge in [0.15, 0.2) is 6.10 Å². The molecule has 25 heavy (non-hydrogen) atoms. The van der Waals surface area contributed by atoms with Crippen LogP contribution in [0.25, 0.3) is 0 Å². The molecule has 1 N–H and O–H groups in total. The van der Waals surface area contributed by atoms with Gasteiger partial charge in [0.1, 0.15) is 10.7 Å². The lowest BCUT2D eigenvalue weighted by Crippen LogP contribution is -2.36. The zero-order valence-electron chi connectivity index (χ0n) is 13.2. The Balaban J connectivity index is 1.79. The van der Waals surface area contributed by atoms with Crippen molar-refractivity contribution in [1.82, 2.24) is 5.32 Å². The van der Waals surface area contributed by atoms with E-state index < -0.39 is 28.8 Å². The highest BCUT2D eigenvalue weighted by Crippen LogP contribution is 2.16. The van der Waals surface area contributed by atoms with Crippen molar-refractivity contribution in [1.29, 1.82) is 0 Å². The molecule has 2 aromatic rings. The van der Waals surface area contributed by atoms with Crippen LogP contribution in [-0.2, 0) is 16.0 Å². The predicted molar refractivity (Wildman–Crippen MR) is 83.4 cm³/mol. The minimum atomic E-state index is -1.11. The van der Waals surface area contributed by atoms with Crippen molar-refractivity contribution in [2.45, 2.75) is 19.4 Å². The fraction of sp³-hybridized carbons (Fsp3) is 0.250. The van der Waals surface area contributed by atoms with Crippen LogP contribution in [0.2, 0.25) is 0 Å². The summed E-state index contributed by atoms with van der Waals surface area (Å²) in [5.74, 6) is -2.81. The first-order valence-electron chi connectivity index (χ1n) is 7.34. The van der Waals surface area contributed by atoms with Crippen molar-refractivity contribution in [2.75, 3.05) is 6.54 Å². The fourth-order valence-electron chi connectivity index (χ4n) is 1.93. The number of hydrogen-bond acceptors (Lipinski definition) is 6.